The highest BCUT2D eigenvalue weighted by atomic mass is 19.4. The molecule has 1 aliphatic rings. The number of carbonyl (C=O) groups is 1. The van der Waals surface area contributed by atoms with Gasteiger partial charge in [0.05, 0.1) is 5.56 Å². The first-order valence-corrected chi connectivity index (χ1v) is 7.78. The third-order valence-electron chi connectivity index (χ3n) is 3.70. The standard InChI is InChI=1S/C18H10F6O5/c19-17(20,21)10-1-3-11(4-2-10)27-12-5-6-13-9(7-12)8-14(29-16(25)26)15(28-13)18(22,23)24/h1-8,15H,(H,25,26)/t15-/m0/s1. The molecule has 5 nitrogen and oxygen atoms in total. The molecular formula is C18H10F6O5. The molecule has 0 saturated carbocycles. The van der Waals surface area contributed by atoms with E-state index >= 15 is 0 Å². The minimum Gasteiger partial charge on any atom is -0.472 e. The van der Waals surface area contributed by atoms with Crippen molar-refractivity contribution in [3.05, 3.63) is 59.4 Å². The molecule has 0 aliphatic carbocycles. The lowest BCUT2D eigenvalue weighted by Crippen LogP contribution is -2.39. The normalized spacial score (nSPS) is 16.3. The van der Waals surface area contributed by atoms with Crippen molar-refractivity contribution in [3.8, 4) is 17.2 Å². The van der Waals surface area contributed by atoms with E-state index in [-0.39, 0.29) is 22.8 Å². The van der Waals surface area contributed by atoms with Crippen LogP contribution in [-0.2, 0) is 10.9 Å². The zero-order valence-corrected chi connectivity index (χ0v) is 14.0. The Morgan fingerprint density at radius 1 is 0.966 bits per heavy atom. The van der Waals surface area contributed by atoms with E-state index in [1.807, 2.05) is 0 Å². The fourth-order valence-corrected chi connectivity index (χ4v) is 2.48. The van der Waals surface area contributed by atoms with E-state index in [2.05, 4.69) is 4.74 Å². The number of halogens is 6. The Kier molecular flexibility index (Phi) is 5.07. The molecule has 1 atom stereocenters. The molecule has 11 heteroatoms. The van der Waals surface area contributed by atoms with Gasteiger partial charge in [0.2, 0.25) is 0 Å². The molecule has 29 heavy (non-hydrogen) atoms. The van der Waals surface area contributed by atoms with Crippen molar-refractivity contribution in [2.75, 3.05) is 0 Å². The van der Waals surface area contributed by atoms with Crippen molar-refractivity contribution in [1.82, 2.24) is 0 Å². The Labute approximate surface area is 158 Å². The second kappa shape index (κ2) is 7.22. The molecule has 1 N–H and O–H groups in total. The number of fused-ring (bicyclic) bond motifs is 1. The zero-order valence-electron chi connectivity index (χ0n) is 14.0. The van der Waals surface area contributed by atoms with Gasteiger partial charge in [0.15, 0.2) is 5.76 Å². The van der Waals surface area contributed by atoms with Crippen molar-refractivity contribution in [3.63, 3.8) is 0 Å². The van der Waals surface area contributed by atoms with Crippen LogP contribution in [0.25, 0.3) is 6.08 Å². The van der Waals surface area contributed by atoms with Gasteiger partial charge in [-0.3, -0.25) is 0 Å². The molecule has 2 aromatic carbocycles. The van der Waals surface area contributed by atoms with Crippen molar-refractivity contribution in [2.24, 2.45) is 0 Å². The average molecular weight is 420 g/mol. The molecule has 0 unspecified atom stereocenters. The summed E-state index contributed by atoms with van der Waals surface area (Å²) in [6.07, 6.45) is -13.1. The monoisotopic (exact) mass is 420 g/mol. The Bertz CT molecular complexity index is 947. The first-order chi connectivity index (χ1) is 13.4. The number of carboxylic acid groups (broad SMARTS) is 1. The van der Waals surface area contributed by atoms with Crippen LogP contribution in [0.2, 0.25) is 0 Å². The summed E-state index contributed by atoms with van der Waals surface area (Å²) in [5, 5.41) is 8.64. The fraction of sp³-hybridized carbons (Fsp3) is 0.167. The van der Waals surface area contributed by atoms with Gasteiger partial charge in [-0.15, -0.1) is 0 Å². The molecular weight excluding hydrogens is 410 g/mol. The summed E-state index contributed by atoms with van der Waals surface area (Å²) in [7, 11) is 0. The van der Waals surface area contributed by atoms with Gasteiger partial charge in [-0.25, -0.2) is 4.79 Å². The largest absolute Gasteiger partial charge is 0.511 e. The Hall–Kier alpha value is -3.37. The van der Waals surface area contributed by atoms with Gasteiger partial charge in [-0.05, 0) is 48.5 Å². The first kappa shape index (κ1) is 20.4. The van der Waals surface area contributed by atoms with Crippen LogP contribution in [0.4, 0.5) is 31.1 Å². The van der Waals surface area contributed by atoms with Crippen molar-refractivity contribution < 1.29 is 50.5 Å². The van der Waals surface area contributed by atoms with E-state index in [9.17, 15) is 31.1 Å². The lowest BCUT2D eigenvalue weighted by atomic mass is 10.1. The number of hydrogen-bond acceptors (Lipinski definition) is 4. The lowest BCUT2D eigenvalue weighted by Gasteiger charge is -2.27. The topological polar surface area (TPSA) is 65.0 Å². The van der Waals surface area contributed by atoms with Crippen molar-refractivity contribution in [1.29, 1.82) is 0 Å². The summed E-state index contributed by atoms with van der Waals surface area (Å²) in [6, 6.07) is 7.40. The second-order valence-corrected chi connectivity index (χ2v) is 5.78. The van der Waals surface area contributed by atoms with E-state index in [0.717, 1.165) is 36.4 Å². The molecule has 0 radical (unpaired) electrons. The third-order valence-corrected chi connectivity index (χ3v) is 3.70. The Morgan fingerprint density at radius 2 is 1.59 bits per heavy atom. The van der Waals surface area contributed by atoms with E-state index in [1.54, 1.807) is 0 Å². The molecule has 0 saturated heterocycles. The predicted molar refractivity (Wildman–Crippen MR) is 85.5 cm³/mol. The van der Waals surface area contributed by atoms with Crippen LogP contribution < -0.4 is 9.47 Å². The van der Waals surface area contributed by atoms with Gasteiger partial charge >= 0.3 is 18.5 Å². The van der Waals surface area contributed by atoms with E-state index in [4.69, 9.17) is 14.6 Å². The molecule has 154 valence electrons. The van der Waals surface area contributed by atoms with Crippen molar-refractivity contribution >= 4 is 12.2 Å². The SMILES string of the molecule is O=C(O)OC1=Cc2cc(Oc3ccc(C(F)(F)F)cc3)ccc2O[C@@H]1C(F)(F)F. The number of ether oxygens (including phenoxy) is 3. The summed E-state index contributed by atoms with van der Waals surface area (Å²) in [6.45, 7) is 0. The molecule has 0 amide bonds. The molecule has 1 aliphatic heterocycles. The molecule has 0 spiro atoms. The van der Waals surface area contributed by atoms with Crippen LogP contribution in [0.3, 0.4) is 0 Å². The predicted octanol–water partition coefficient (Wildman–Crippen LogP) is 5.86. The quantitative estimate of drug-likeness (QED) is 0.498. The minimum atomic E-state index is -4.92. The van der Waals surface area contributed by atoms with Crippen LogP contribution in [-0.4, -0.2) is 23.5 Å². The molecule has 1 heterocycles. The van der Waals surface area contributed by atoms with Crippen LogP contribution in [0.5, 0.6) is 17.2 Å². The summed E-state index contributed by atoms with van der Waals surface area (Å²) in [5.41, 5.74) is -0.841. The van der Waals surface area contributed by atoms with Crippen LogP contribution in [0, 0.1) is 0 Å². The van der Waals surface area contributed by atoms with Gasteiger partial charge in [0, 0.05) is 5.56 Å². The summed E-state index contributed by atoms with van der Waals surface area (Å²) < 4.78 is 91.3. The molecule has 0 aromatic heterocycles. The van der Waals surface area contributed by atoms with Gasteiger partial charge < -0.3 is 19.3 Å². The first-order valence-electron chi connectivity index (χ1n) is 7.78. The van der Waals surface area contributed by atoms with Crippen LogP contribution in [0.15, 0.2) is 48.2 Å². The number of rotatable bonds is 3. The summed E-state index contributed by atoms with van der Waals surface area (Å²) in [4.78, 5) is 10.7. The number of alkyl halides is 6. The molecule has 3 rings (SSSR count). The van der Waals surface area contributed by atoms with Gasteiger partial charge in [-0.1, -0.05) is 0 Å². The van der Waals surface area contributed by atoms with E-state index in [1.165, 1.54) is 12.1 Å². The highest BCUT2D eigenvalue weighted by molar-refractivity contribution is 5.67. The Balaban J connectivity index is 1.87. The second-order valence-electron chi connectivity index (χ2n) is 5.78. The van der Waals surface area contributed by atoms with Crippen LogP contribution >= 0.6 is 0 Å². The fourth-order valence-electron chi connectivity index (χ4n) is 2.48. The molecule has 0 bridgehead atoms. The van der Waals surface area contributed by atoms with E-state index < -0.39 is 35.9 Å². The van der Waals surface area contributed by atoms with Gasteiger partial charge in [0.1, 0.15) is 17.2 Å². The van der Waals surface area contributed by atoms with Gasteiger partial charge in [0.25, 0.3) is 6.10 Å². The summed E-state index contributed by atoms with van der Waals surface area (Å²) in [5.74, 6) is -1.06. The lowest BCUT2D eigenvalue weighted by molar-refractivity contribution is -0.191. The maximum atomic E-state index is 13.1. The number of hydrogen-bond donors (Lipinski definition) is 1. The van der Waals surface area contributed by atoms with Crippen molar-refractivity contribution in [2.45, 2.75) is 18.5 Å². The van der Waals surface area contributed by atoms with Gasteiger partial charge in [-0.2, -0.15) is 26.3 Å². The molecule has 2 aromatic rings. The number of benzene rings is 2. The maximum absolute atomic E-state index is 13.1. The zero-order chi connectivity index (χ0) is 21.4. The third kappa shape index (κ3) is 4.73. The van der Waals surface area contributed by atoms with E-state index in [0.29, 0.717) is 0 Å². The Morgan fingerprint density at radius 3 is 2.14 bits per heavy atom. The average Bonchev–Trinajstić information content (AvgIpc) is 2.59. The smallest absolute Gasteiger partial charge is 0.472 e. The molecule has 0 fully saturated rings. The minimum absolute atomic E-state index is 0.0335. The van der Waals surface area contributed by atoms with Crippen LogP contribution in [0.1, 0.15) is 11.1 Å². The summed E-state index contributed by atoms with van der Waals surface area (Å²) >= 11 is 0. The maximum Gasteiger partial charge on any atom is 0.511 e. The highest BCUT2D eigenvalue weighted by Crippen LogP contribution is 2.39. The highest BCUT2D eigenvalue weighted by Gasteiger charge is 2.48.